The van der Waals surface area contributed by atoms with E-state index in [0.29, 0.717) is 12.2 Å². The van der Waals surface area contributed by atoms with Gasteiger partial charge in [-0.05, 0) is 6.92 Å². The summed E-state index contributed by atoms with van der Waals surface area (Å²) in [6.45, 7) is 5.55. The van der Waals surface area contributed by atoms with Crippen molar-refractivity contribution >= 4 is 5.97 Å². The maximum absolute atomic E-state index is 10.9. The second-order valence-electron chi connectivity index (χ2n) is 2.74. The molecule has 0 bridgehead atoms. The maximum Gasteiger partial charge on any atom is 0.335 e. The molecule has 0 aromatic heterocycles. The van der Waals surface area contributed by atoms with Gasteiger partial charge in [0.25, 0.3) is 12.1 Å². The maximum atomic E-state index is 10.9. The van der Waals surface area contributed by atoms with Gasteiger partial charge in [-0.3, -0.25) is 4.74 Å². The lowest BCUT2D eigenvalue weighted by Crippen LogP contribution is -2.10. The van der Waals surface area contributed by atoms with Crippen LogP contribution in [0.1, 0.15) is 6.92 Å². The molecule has 1 spiro atoms. The SMILES string of the molecule is C=C(C)C(=O)OC1OC12CO2. The number of carbonyl (C=O) groups is 1. The largest absolute Gasteiger partial charge is 0.426 e. The van der Waals surface area contributed by atoms with Crippen LogP contribution in [0, 0.1) is 0 Å². The summed E-state index contributed by atoms with van der Waals surface area (Å²) in [6, 6.07) is 0. The zero-order chi connectivity index (χ0) is 8.06. The molecule has 4 heteroatoms. The smallest absolute Gasteiger partial charge is 0.335 e. The Hall–Kier alpha value is -0.870. The van der Waals surface area contributed by atoms with Crippen molar-refractivity contribution in [1.29, 1.82) is 0 Å². The molecule has 0 aromatic carbocycles. The Kier molecular flexibility index (Phi) is 1.14. The Morgan fingerprint density at radius 1 is 1.82 bits per heavy atom. The normalized spacial score (nSPS) is 38.5. The molecular formula is C7H8O4. The van der Waals surface area contributed by atoms with E-state index in [1.165, 1.54) is 0 Å². The Bertz CT molecular complexity index is 229. The van der Waals surface area contributed by atoms with E-state index in [0.717, 1.165) is 0 Å². The monoisotopic (exact) mass is 156 g/mol. The van der Waals surface area contributed by atoms with E-state index in [1.54, 1.807) is 6.92 Å². The topological polar surface area (TPSA) is 51.4 Å². The molecule has 0 saturated carbocycles. The van der Waals surface area contributed by atoms with Gasteiger partial charge in [-0.15, -0.1) is 0 Å². The summed E-state index contributed by atoms with van der Waals surface area (Å²) in [5, 5.41) is 0. The molecular weight excluding hydrogens is 148 g/mol. The number of hydrogen-bond acceptors (Lipinski definition) is 4. The minimum Gasteiger partial charge on any atom is -0.426 e. The van der Waals surface area contributed by atoms with Crippen LogP contribution < -0.4 is 0 Å². The molecule has 0 aliphatic carbocycles. The fourth-order valence-corrected chi connectivity index (χ4v) is 0.734. The molecule has 0 amide bonds. The lowest BCUT2D eigenvalue weighted by atomic mass is 10.4. The van der Waals surface area contributed by atoms with E-state index in [-0.39, 0.29) is 0 Å². The number of rotatable bonds is 2. The standard InChI is InChI=1S/C7H8O4/c1-4(2)5(8)10-6-7(11-6)3-9-7/h6H,1,3H2,2H3. The van der Waals surface area contributed by atoms with Crippen molar-refractivity contribution in [3.8, 4) is 0 Å². The third-order valence-corrected chi connectivity index (χ3v) is 1.60. The first kappa shape index (κ1) is 6.82. The van der Waals surface area contributed by atoms with Crippen LogP contribution in [0.5, 0.6) is 0 Å². The number of carbonyl (C=O) groups excluding carboxylic acids is 1. The van der Waals surface area contributed by atoms with Gasteiger partial charge in [0.1, 0.15) is 6.61 Å². The van der Waals surface area contributed by atoms with Crippen molar-refractivity contribution < 1.29 is 19.0 Å². The molecule has 0 N–H and O–H groups in total. The fraction of sp³-hybridized carbons (Fsp3) is 0.571. The van der Waals surface area contributed by atoms with Crippen molar-refractivity contribution in [2.45, 2.75) is 19.0 Å². The van der Waals surface area contributed by atoms with Crippen LogP contribution in [0.25, 0.3) is 0 Å². The molecule has 0 aromatic rings. The highest BCUT2D eigenvalue weighted by atomic mass is 16.9. The Morgan fingerprint density at radius 3 is 2.82 bits per heavy atom. The summed E-state index contributed by atoms with van der Waals surface area (Å²) in [4.78, 5) is 10.9. The number of esters is 1. The van der Waals surface area contributed by atoms with Gasteiger partial charge in [-0.25, -0.2) is 4.79 Å². The van der Waals surface area contributed by atoms with Gasteiger partial charge >= 0.3 is 5.97 Å². The average Bonchev–Trinajstić information content (AvgIpc) is 2.78. The lowest BCUT2D eigenvalue weighted by Gasteiger charge is -1.96. The molecule has 2 unspecified atom stereocenters. The van der Waals surface area contributed by atoms with E-state index in [9.17, 15) is 4.79 Å². The first-order valence-corrected chi connectivity index (χ1v) is 3.32. The molecule has 2 aliphatic rings. The minimum absolute atomic E-state index is 0.372. The zero-order valence-corrected chi connectivity index (χ0v) is 6.12. The van der Waals surface area contributed by atoms with Crippen molar-refractivity contribution in [3.05, 3.63) is 12.2 Å². The van der Waals surface area contributed by atoms with Crippen LogP contribution in [-0.2, 0) is 19.0 Å². The highest BCUT2D eigenvalue weighted by Crippen LogP contribution is 2.49. The number of ether oxygens (including phenoxy) is 3. The van der Waals surface area contributed by atoms with Gasteiger partial charge in [-0.1, -0.05) is 6.58 Å². The van der Waals surface area contributed by atoms with Crippen molar-refractivity contribution in [2.24, 2.45) is 0 Å². The Morgan fingerprint density at radius 2 is 2.45 bits per heavy atom. The number of hydrogen-bond donors (Lipinski definition) is 0. The molecule has 11 heavy (non-hydrogen) atoms. The zero-order valence-electron chi connectivity index (χ0n) is 6.12. The van der Waals surface area contributed by atoms with Gasteiger partial charge < -0.3 is 9.47 Å². The van der Waals surface area contributed by atoms with Gasteiger partial charge in [-0.2, -0.15) is 0 Å². The predicted octanol–water partition coefficient (Wildman–Crippen LogP) is 0.188. The summed E-state index contributed by atoms with van der Waals surface area (Å²) in [6.07, 6.45) is -0.494. The van der Waals surface area contributed by atoms with E-state index in [2.05, 4.69) is 6.58 Å². The van der Waals surface area contributed by atoms with Crippen LogP contribution in [0.15, 0.2) is 12.2 Å². The molecule has 2 fully saturated rings. The predicted molar refractivity (Wildman–Crippen MR) is 34.5 cm³/mol. The molecule has 2 aliphatic heterocycles. The third kappa shape index (κ3) is 1.04. The molecule has 4 nitrogen and oxygen atoms in total. The van der Waals surface area contributed by atoms with E-state index >= 15 is 0 Å². The van der Waals surface area contributed by atoms with Crippen LogP contribution in [0.3, 0.4) is 0 Å². The quantitative estimate of drug-likeness (QED) is 0.325. The van der Waals surface area contributed by atoms with Crippen LogP contribution in [-0.4, -0.2) is 24.7 Å². The van der Waals surface area contributed by atoms with Gasteiger partial charge in [0.05, 0.1) is 0 Å². The van der Waals surface area contributed by atoms with E-state index in [1.807, 2.05) is 0 Å². The van der Waals surface area contributed by atoms with Crippen molar-refractivity contribution in [1.82, 2.24) is 0 Å². The molecule has 2 heterocycles. The Labute approximate surface area is 63.7 Å². The fourth-order valence-electron chi connectivity index (χ4n) is 0.734. The second kappa shape index (κ2) is 1.84. The highest BCUT2D eigenvalue weighted by molar-refractivity contribution is 5.87. The minimum atomic E-state index is -0.550. The van der Waals surface area contributed by atoms with Gasteiger partial charge in [0.2, 0.25) is 0 Å². The molecule has 60 valence electrons. The van der Waals surface area contributed by atoms with Crippen molar-refractivity contribution in [2.75, 3.05) is 6.61 Å². The first-order valence-electron chi connectivity index (χ1n) is 3.32. The molecule has 2 atom stereocenters. The summed E-state index contributed by atoms with van der Waals surface area (Å²) in [7, 11) is 0. The summed E-state index contributed by atoms with van der Waals surface area (Å²) < 4.78 is 14.6. The van der Waals surface area contributed by atoms with E-state index < -0.39 is 18.0 Å². The molecule has 2 rings (SSSR count). The van der Waals surface area contributed by atoms with Crippen LogP contribution in [0.4, 0.5) is 0 Å². The van der Waals surface area contributed by atoms with E-state index in [4.69, 9.17) is 14.2 Å². The van der Waals surface area contributed by atoms with Crippen molar-refractivity contribution in [3.63, 3.8) is 0 Å². The summed E-state index contributed by atoms with van der Waals surface area (Å²) >= 11 is 0. The van der Waals surface area contributed by atoms with Gasteiger partial charge in [0.15, 0.2) is 0 Å². The van der Waals surface area contributed by atoms with Crippen LogP contribution in [0.2, 0.25) is 0 Å². The Balaban J connectivity index is 1.83. The second-order valence-corrected chi connectivity index (χ2v) is 2.74. The molecule has 2 saturated heterocycles. The van der Waals surface area contributed by atoms with Gasteiger partial charge in [0, 0.05) is 5.57 Å². The highest BCUT2D eigenvalue weighted by Gasteiger charge is 2.72. The third-order valence-electron chi connectivity index (χ3n) is 1.60. The number of epoxide rings is 2. The molecule has 0 radical (unpaired) electrons. The summed E-state index contributed by atoms with van der Waals surface area (Å²) in [5.74, 6) is -0.979. The lowest BCUT2D eigenvalue weighted by molar-refractivity contribution is -0.143. The average molecular weight is 156 g/mol. The first-order chi connectivity index (χ1) is 5.14. The summed E-state index contributed by atoms with van der Waals surface area (Å²) in [5.41, 5.74) is 0.372. The van der Waals surface area contributed by atoms with Crippen LogP contribution >= 0.6 is 0 Å².